The molecule has 2 aromatic rings. The van der Waals surface area contributed by atoms with Crippen molar-refractivity contribution in [2.75, 3.05) is 39.4 Å². The van der Waals surface area contributed by atoms with Crippen LogP contribution in [0.3, 0.4) is 0 Å². The Morgan fingerprint density at radius 2 is 2.04 bits per heavy atom. The van der Waals surface area contributed by atoms with Gasteiger partial charge in [-0.25, -0.2) is 4.39 Å². The number of likely N-dealkylation sites (tertiary alicyclic amines) is 1. The average Bonchev–Trinajstić information content (AvgIpc) is 3.04. The Bertz CT molecular complexity index is 708. The Hall–Kier alpha value is -1.76. The molecule has 0 aliphatic carbocycles. The predicted molar refractivity (Wildman–Crippen MR) is 98.0 cm³/mol. The summed E-state index contributed by atoms with van der Waals surface area (Å²) in [7, 11) is 0. The smallest absolute Gasteiger partial charge is 0.123 e. The van der Waals surface area contributed by atoms with Gasteiger partial charge in [0.05, 0.1) is 13.2 Å². The molecule has 1 aromatic carbocycles. The fourth-order valence-electron chi connectivity index (χ4n) is 4.42. The zero-order valence-electron chi connectivity index (χ0n) is 15.2. The molecule has 3 heterocycles. The van der Waals surface area contributed by atoms with Gasteiger partial charge >= 0.3 is 0 Å². The molecular formula is C20H27FN4O. The van der Waals surface area contributed by atoms with E-state index in [1.54, 1.807) is 18.3 Å². The highest BCUT2D eigenvalue weighted by Gasteiger charge is 2.38. The number of piperidine rings is 1. The summed E-state index contributed by atoms with van der Waals surface area (Å²) in [5.74, 6) is -0.155. The lowest BCUT2D eigenvalue weighted by Crippen LogP contribution is -2.50. The fourth-order valence-corrected chi connectivity index (χ4v) is 4.42. The van der Waals surface area contributed by atoms with Crippen LogP contribution < -0.4 is 0 Å². The molecule has 0 unspecified atom stereocenters. The number of aromatic nitrogens is 2. The van der Waals surface area contributed by atoms with Gasteiger partial charge in [0.15, 0.2) is 0 Å². The first-order chi connectivity index (χ1) is 12.7. The lowest BCUT2D eigenvalue weighted by atomic mass is 9.80. The summed E-state index contributed by atoms with van der Waals surface area (Å²) in [6.07, 6.45) is 4.16. The molecule has 0 saturated carbocycles. The van der Waals surface area contributed by atoms with Crippen molar-refractivity contribution in [2.45, 2.75) is 25.9 Å². The van der Waals surface area contributed by atoms with Crippen molar-refractivity contribution in [3.05, 3.63) is 53.6 Å². The fraction of sp³-hybridized carbons (Fsp3) is 0.550. The summed E-state index contributed by atoms with van der Waals surface area (Å²) >= 11 is 0. The van der Waals surface area contributed by atoms with E-state index in [0.29, 0.717) is 0 Å². The molecule has 26 heavy (non-hydrogen) atoms. The van der Waals surface area contributed by atoms with E-state index < -0.39 is 0 Å². The van der Waals surface area contributed by atoms with Crippen molar-refractivity contribution < 1.29 is 9.13 Å². The summed E-state index contributed by atoms with van der Waals surface area (Å²) in [4.78, 5) is 4.94. The number of benzene rings is 1. The molecule has 1 atom stereocenters. The van der Waals surface area contributed by atoms with Crippen molar-refractivity contribution in [1.82, 2.24) is 20.0 Å². The van der Waals surface area contributed by atoms with Gasteiger partial charge < -0.3 is 4.74 Å². The van der Waals surface area contributed by atoms with E-state index in [1.807, 2.05) is 12.1 Å². The van der Waals surface area contributed by atoms with E-state index in [2.05, 4.69) is 20.0 Å². The van der Waals surface area contributed by atoms with Crippen LogP contribution in [-0.2, 0) is 17.8 Å². The quantitative estimate of drug-likeness (QED) is 0.913. The van der Waals surface area contributed by atoms with E-state index in [-0.39, 0.29) is 11.2 Å². The van der Waals surface area contributed by atoms with Gasteiger partial charge in [0.1, 0.15) is 5.82 Å². The third-order valence-corrected chi connectivity index (χ3v) is 5.51. The Balaban J connectivity index is 1.43. The molecule has 140 valence electrons. The normalized spacial score (nSPS) is 25.4. The van der Waals surface area contributed by atoms with Crippen LogP contribution in [0, 0.1) is 11.2 Å². The molecule has 2 aliphatic rings. The summed E-state index contributed by atoms with van der Waals surface area (Å²) in [6, 6.07) is 9.00. The van der Waals surface area contributed by atoms with Crippen LogP contribution in [-0.4, -0.2) is 59.4 Å². The first-order valence-electron chi connectivity index (χ1n) is 9.46. The number of hydrogen-bond acceptors (Lipinski definition) is 4. The molecule has 6 heteroatoms. The van der Waals surface area contributed by atoms with Gasteiger partial charge in [0.25, 0.3) is 0 Å². The first kappa shape index (κ1) is 17.6. The first-order valence-corrected chi connectivity index (χ1v) is 9.46. The molecule has 0 amide bonds. The summed E-state index contributed by atoms with van der Waals surface area (Å²) in [5, 5.41) is 7.12. The van der Waals surface area contributed by atoms with E-state index in [0.717, 1.165) is 70.2 Å². The number of H-pyrrole nitrogens is 1. The van der Waals surface area contributed by atoms with E-state index >= 15 is 0 Å². The minimum Gasteiger partial charge on any atom is -0.379 e. The number of halogens is 1. The largest absolute Gasteiger partial charge is 0.379 e. The lowest BCUT2D eigenvalue weighted by molar-refractivity contribution is 0.00240. The van der Waals surface area contributed by atoms with Crippen LogP contribution in [0.5, 0.6) is 0 Å². The molecule has 5 nitrogen and oxygen atoms in total. The number of rotatable bonds is 4. The molecule has 2 fully saturated rings. The van der Waals surface area contributed by atoms with Crippen LogP contribution in [0.25, 0.3) is 0 Å². The van der Waals surface area contributed by atoms with Gasteiger partial charge in [0, 0.05) is 50.0 Å². The molecule has 0 radical (unpaired) electrons. The highest BCUT2D eigenvalue weighted by molar-refractivity contribution is 5.16. The maximum atomic E-state index is 13.5. The molecule has 0 bridgehead atoms. The predicted octanol–water partition coefficient (Wildman–Crippen LogP) is 2.66. The van der Waals surface area contributed by atoms with Crippen LogP contribution in [0.15, 0.2) is 36.5 Å². The highest BCUT2D eigenvalue weighted by Crippen LogP contribution is 2.34. The van der Waals surface area contributed by atoms with E-state index in [4.69, 9.17) is 4.74 Å². The van der Waals surface area contributed by atoms with Crippen LogP contribution >= 0.6 is 0 Å². The third-order valence-electron chi connectivity index (χ3n) is 5.51. The van der Waals surface area contributed by atoms with Crippen molar-refractivity contribution in [1.29, 1.82) is 0 Å². The molecule has 2 saturated heterocycles. The minimum atomic E-state index is -0.155. The van der Waals surface area contributed by atoms with Gasteiger partial charge in [-0.05, 0) is 43.1 Å². The SMILES string of the molecule is Fc1cccc(CN2CCC[C@]3(COCCN(Cc4ccn[nH]4)C3)C2)c1. The van der Waals surface area contributed by atoms with Gasteiger partial charge in [-0.15, -0.1) is 0 Å². The molecular weight excluding hydrogens is 331 g/mol. The molecule has 4 rings (SSSR count). The summed E-state index contributed by atoms with van der Waals surface area (Å²) in [5.41, 5.74) is 2.35. The minimum absolute atomic E-state index is 0.155. The molecule has 1 spiro atoms. The second kappa shape index (κ2) is 7.86. The standard InChI is InChI=1S/C20H27FN4O/c21-18-4-1-3-17(11-18)12-24-8-2-6-20(14-24)15-25(9-10-26-16-20)13-19-5-7-22-23-19/h1,3-5,7,11H,2,6,8-10,12-16H2,(H,22,23)/t20-/m0/s1. The average molecular weight is 358 g/mol. The molecule has 1 N–H and O–H groups in total. The van der Waals surface area contributed by atoms with Crippen LogP contribution in [0.1, 0.15) is 24.1 Å². The Morgan fingerprint density at radius 3 is 2.85 bits per heavy atom. The lowest BCUT2D eigenvalue weighted by Gasteiger charge is -2.43. The third kappa shape index (κ3) is 4.31. The highest BCUT2D eigenvalue weighted by atomic mass is 19.1. The maximum Gasteiger partial charge on any atom is 0.123 e. The number of nitrogens with zero attached hydrogens (tertiary/aromatic N) is 3. The number of ether oxygens (including phenoxy) is 1. The van der Waals surface area contributed by atoms with Gasteiger partial charge in [-0.3, -0.25) is 14.9 Å². The van der Waals surface area contributed by atoms with Crippen molar-refractivity contribution in [3.8, 4) is 0 Å². The number of aromatic amines is 1. The Labute approximate surface area is 154 Å². The topological polar surface area (TPSA) is 44.4 Å². The zero-order chi connectivity index (χ0) is 17.8. The second-order valence-corrected chi connectivity index (χ2v) is 7.79. The van der Waals surface area contributed by atoms with Crippen LogP contribution in [0.2, 0.25) is 0 Å². The molecule has 1 aromatic heterocycles. The maximum absolute atomic E-state index is 13.5. The van der Waals surface area contributed by atoms with Gasteiger partial charge in [0.2, 0.25) is 0 Å². The van der Waals surface area contributed by atoms with Crippen molar-refractivity contribution in [3.63, 3.8) is 0 Å². The molecule has 2 aliphatic heterocycles. The van der Waals surface area contributed by atoms with E-state index in [9.17, 15) is 4.39 Å². The van der Waals surface area contributed by atoms with Gasteiger partial charge in [-0.2, -0.15) is 5.10 Å². The monoisotopic (exact) mass is 358 g/mol. The zero-order valence-corrected chi connectivity index (χ0v) is 15.2. The van der Waals surface area contributed by atoms with Gasteiger partial charge in [-0.1, -0.05) is 12.1 Å². The number of nitrogens with one attached hydrogen (secondary N) is 1. The second-order valence-electron chi connectivity index (χ2n) is 7.79. The van der Waals surface area contributed by atoms with Crippen LogP contribution in [0.4, 0.5) is 4.39 Å². The van der Waals surface area contributed by atoms with E-state index in [1.165, 1.54) is 12.5 Å². The summed E-state index contributed by atoms with van der Waals surface area (Å²) in [6.45, 7) is 7.33. The Morgan fingerprint density at radius 1 is 1.15 bits per heavy atom. The number of hydrogen-bond donors (Lipinski definition) is 1. The Kier molecular flexibility index (Phi) is 5.33. The summed E-state index contributed by atoms with van der Waals surface area (Å²) < 4.78 is 19.5. The van der Waals surface area contributed by atoms with Crippen molar-refractivity contribution >= 4 is 0 Å². The van der Waals surface area contributed by atoms with Crippen molar-refractivity contribution in [2.24, 2.45) is 5.41 Å².